The van der Waals surface area contributed by atoms with Gasteiger partial charge in [0, 0.05) is 33.1 Å². The van der Waals surface area contributed by atoms with E-state index in [2.05, 4.69) is 20.8 Å². The third-order valence-corrected chi connectivity index (χ3v) is 5.62. The third kappa shape index (κ3) is 5.67. The van der Waals surface area contributed by atoms with Gasteiger partial charge in [-0.2, -0.15) is 0 Å². The summed E-state index contributed by atoms with van der Waals surface area (Å²) in [7, 11) is 2.40. The number of allylic oxidation sites excluding steroid dienone is 2. The number of nitrogens with two attached hydrogens (primary N) is 1. The van der Waals surface area contributed by atoms with Crippen LogP contribution in [0.4, 0.5) is 0 Å². The van der Waals surface area contributed by atoms with E-state index in [0.29, 0.717) is 5.92 Å². The fourth-order valence-electron chi connectivity index (χ4n) is 1.80. The Morgan fingerprint density at radius 1 is 1.12 bits per heavy atom. The first kappa shape index (κ1) is 16.6. The van der Waals surface area contributed by atoms with Crippen LogP contribution in [0.2, 0.25) is 6.04 Å². The van der Waals surface area contributed by atoms with Crippen molar-refractivity contribution >= 4 is 8.80 Å². The first-order valence-electron chi connectivity index (χ1n) is 6.00. The Hall–Kier alpha value is -0.363. The minimum Gasteiger partial charge on any atom is -0.402 e. The Labute approximate surface area is 106 Å². The number of hydrogen-bond acceptors (Lipinski definition) is 4. The van der Waals surface area contributed by atoms with Crippen LogP contribution < -0.4 is 5.73 Å². The molecular weight excluding hydrogens is 234 g/mol. The molecule has 0 amide bonds. The van der Waals surface area contributed by atoms with E-state index in [9.17, 15) is 0 Å². The molecule has 0 saturated carbocycles. The zero-order valence-electron chi connectivity index (χ0n) is 12.0. The highest BCUT2D eigenvalue weighted by atomic mass is 28.4. The quantitative estimate of drug-likeness (QED) is 0.682. The molecule has 0 saturated heterocycles. The van der Waals surface area contributed by atoms with E-state index >= 15 is 0 Å². The highest BCUT2D eigenvalue weighted by molar-refractivity contribution is 6.60. The van der Waals surface area contributed by atoms with Crippen molar-refractivity contribution in [3.8, 4) is 0 Å². The van der Waals surface area contributed by atoms with Gasteiger partial charge in [-0.05, 0) is 25.7 Å². The highest BCUT2D eigenvalue weighted by Crippen LogP contribution is 2.20. The van der Waals surface area contributed by atoms with Crippen LogP contribution >= 0.6 is 0 Å². The summed E-state index contributed by atoms with van der Waals surface area (Å²) < 4.78 is 16.1. The van der Waals surface area contributed by atoms with E-state index in [4.69, 9.17) is 19.0 Å². The van der Waals surface area contributed by atoms with Crippen LogP contribution in [0.1, 0.15) is 33.6 Å². The van der Waals surface area contributed by atoms with Crippen LogP contribution in [0.25, 0.3) is 0 Å². The van der Waals surface area contributed by atoms with Crippen molar-refractivity contribution < 1.29 is 13.3 Å². The van der Waals surface area contributed by atoms with E-state index in [1.807, 2.05) is 0 Å². The molecule has 0 unspecified atom stereocenters. The lowest BCUT2D eigenvalue weighted by Gasteiger charge is -2.24. The Morgan fingerprint density at radius 3 is 1.94 bits per heavy atom. The van der Waals surface area contributed by atoms with Gasteiger partial charge in [-0.3, -0.25) is 0 Å². The summed E-state index contributed by atoms with van der Waals surface area (Å²) in [5.74, 6) is 0.628. The molecule has 5 heteroatoms. The van der Waals surface area contributed by atoms with Gasteiger partial charge in [-0.15, -0.1) is 0 Å². The zero-order chi connectivity index (χ0) is 13.5. The van der Waals surface area contributed by atoms with Crippen LogP contribution in [-0.4, -0.2) is 30.1 Å². The molecule has 0 aliphatic heterocycles. The van der Waals surface area contributed by atoms with Crippen LogP contribution in [0.15, 0.2) is 11.3 Å². The lowest BCUT2D eigenvalue weighted by Crippen LogP contribution is -2.42. The Balaban J connectivity index is 4.44. The molecule has 0 aromatic rings. The zero-order valence-corrected chi connectivity index (χ0v) is 13.0. The highest BCUT2D eigenvalue weighted by Gasteiger charge is 2.37. The smallest absolute Gasteiger partial charge is 0.402 e. The standard InChI is InChI=1S/C12H27NO3Si/c1-10(2)9-11(3)12(13)7-8-17(14-4,15-5)16-6/h10H,7-9,13H2,1-6H3. The summed E-state index contributed by atoms with van der Waals surface area (Å²) in [6.07, 6.45) is 1.80. The molecule has 2 N–H and O–H groups in total. The minimum absolute atomic E-state index is 0.628. The normalized spacial score (nSPS) is 14.1. The molecule has 0 fully saturated rings. The predicted molar refractivity (Wildman–Crippen MR) is 72.5 cm³/mol. The number of rotatable bonds is 8. The maximum Gasteiger partial charge on any atom is 0.500 e. The van der Waals surface area contributed by atoms with Crippen molar-refractivity contribution in [1.29, 1.82) is 0 Å². The summed E-state index contributed by atoms with van der Waals surface area (Å²) in [5.41, 5.74) is 8.26. The SMILES string of the molecule is CO[Si](CCC(N)=C(C)CC(C)C)(OC)OC. The van der Waals surface area contributed by atoms with E-state index in [-0.39, 0.29) is 0 Å². The van der Waals surface area contributed by atoms with Gasteiger partial charge in [0.25, 0.3) is 0 Å². The van der Waals surface area contributed by atoms with Gasteiger partial charge < -0.3 is 19.0 Å². The first-order chi connectivity index (χ1) is 7.90. The lowest BCUT2D eigenvalue weighted by molar-refractivity contribution is 0.123. The predicted octanol–water partition coefficient (Wildman–Crippen LogP) is 2.53. The average Bonchev–Trinajstić information content (AvgIpc) is 2.30. The molecule has 4 nitrogen and oxygen atoms in total. The fourth-order valence-corrected chi connectivity index (χ4v) is 3.49. The molecule has 102 valence electrons. The molecule has 0 radical (unpaired) electrons. The van der Waals surface area contributed by atoms with Crippen LogP contribution in [0.5, 0.6) is 0 Å². The van der Waals surface area contributed by atoms with Gasteiger partial charge >= 0.3 is 8.80 Å². The molecule has 0 aliphatic rings. The molecule has 0 spiro atoms. The molecule has 17 heavy (non-hydrogen) atoms. The van der Waals surface area contributed by atoms with Crippen molar-refractivity contribution in [3.63, 3.8) is 0 Å². The average molecular weight is 261 g/mol. The van der Waals surface area contributed by atoms with Crippen LogP contribution in [0, 0.1) is 5.92 Å². The van der Waals surface area contributed by atoms with Crippen LogP contribution in [-0.2, 0) is 13.3 Å². The topological polar surface area (TPSA) is 53.7 Å². The fraction of sp³-hybridized carbons (Fsp3) is 0.833. The molecule has 0 aliphatic carbocycles. The maximum atomic E-state index is 6.07. The maximum absolute atomic E-state index is 6.07. The van der Waals surface area contributed by atoms with E-state index in [0.717, 1.165) is 24.6 Å². The monoisotopic (exact) mass is 261 g/mol. The van der Waals surface area contributed by atoms with E-state index in [1.165, 1.54) is 5.57 Å². The molecular formula is C12H27NO3Si. The largest absolute Gasteiger partial charge is 0.500 e. The van der Waals surface area contributed by atoms with E-state index in [1.54, 1.807) is 21.3 Å². The molecule has 0 aromatic carbocycles. The van der Waals surface area contributed by atoms with Crippen molar-refractivity contribution in [2.45, 2.75) is 39.7 Å². The molecule has 0 bridgehead atoms. The summed E-state index contributed by atoms with van der Waals surface area (Å²) in [5, 5.41) is 0. The Bertz CT molecular complexity index is 242. The van der Waals surface area contributed by atoms with Gasteiger partial charge in [0.05, 0.1) is 0 Å². The lowest BCUT2D eigenvalue weighted by atomic mass is 10.0. The second kappa shape index (κ2) is 7.87. The van der Waals surface area contributed by atoms with Gasteiger partial charge in [0.15, 0.2) is 0 Å². The Kier molecular flexibility index (Phi) is 7.70. The Morgan fingerprint density at radius 2 is 1.59 bits per heavy atom. The summed E-state index contributed by atoms with van der Waals surface area (Å²) in [4.78, 5) is 0. The molecule has 0 atom stereocenters. The van der Waals surface area contributed by atoms with Gasteiger partial charge in [-0.25, -0.2) is 0 Å². The summed E-state index contributed by atoms with van der Waals surface area (Å²) >= 11 is 0. The third-order valence-electron chi connectivity index (χ3n) is 2.90. The second-order valence-corrected chi connectivity index (χ2v) is 7.79. The van der Waals surface area contributed by atoms with Crippen molar-refractivity contribution in [2.24, 2.45) is 11.7 Å². The van der Waals surface area contributed by atoms with Crippen molar-refractivity contribution in [1.82, 2.24) is 0 Å². The molecule has 0 aromatic heterocycles. The molecule has 0 heterocycles. The minimum atomic E-state index is -2.48. The van der Waals surface area contributed by atoms with Crippen molar-refractivity contribution in [3.05, 3.63) is 11.3 Å². The first-order valence-corrected chi connectivity index (χ1v) is 7.93. The summed E-state index contributed by atoms with van der Waals surface area (Å²) in [6, 6.07) is 0.720. The van der Waals surface area contributed by atoms with Gasteiger partial charge in [0.2, 0.25) is 0 Å². The van der Waals surface area contributed by atoms with Crippen molar-refractivity contribution in [2.75, 3.05) is 21.3 Å². The van der Waals surface area contributed by atoms with Crippen LogP contribution in [0.3, 0.4) is 0 Å². The summed E-state index contributed by atoms with van der Waals surface area (Å²) in [6.45, 7) is 6.47. The molecule has 0 rings (SSSR count). The second-order valence-electron chi connectivity index (χ2n) is 4.70. The number of hydrogen-bond donors (Lipinski definition) is 1. The van der Waals surface area contributed by atoms with Gasteiger partial charge in [0.1, 0.15) is 0 Å². The van der Waals surface area contributed by atoms with Gasteiger partial charge in [-0.1, -0.05) is 19.4 Å². The van der Waals surface area contributed by atoms with E-state index < -0.39 is 8.80 Å².